The molecule has 0 saturated heterocycles. The molecule has 0 N–H and O–H groups in total. The zero-order valence-corrected chi connectivity index (χ0v) is 8.99. The Kier molecular flexibility index (Phi) is 4.32. The van der Waals surface area contributed by atoms with Crippen LogP contribution in [0.4, 0.5) is 5.69 Å². The molecule has 4 nitrogen and oxygen atoms in total. The number of rotatable bonds is 2. The number of benzene rings is 1. The molecule has 0 aromatic heterocycles. The van der Waals surface area contributed by atoms with Gasteiger partial charge in [0.1, 0.15) is 5.56 Å². The fraction of sp³-hybridized carbons (Fsp3) is 0.182. The summed E-state index contributed by atoms with van der Waals surface area (Å²) in [6.45, 7) is 0. The highest BCUT2D eigenvalue weighted by molar-refractivity contribution is 6.18. The maximum Gasteiger partial charge on any atom is 0.286 e. The molecule has 0 heterocycles. The van der Waals surface area contributed by atoms with Crippen molar-refractivity contribution in [3.8, 4) is 17.9 Å². The first-order valence-electron chi connectivity index (χ1n) is 4.42. The first-order chi connectivity index (χ1) is 7.69. The number of nitrogens with zero attached hydrogens (tertiary/aromatic N) is 2. The summed E-state index contributed by atoms with van der Waals surface area (Å²) in [5, 5.41) is 19.3. The Hall–Kier alpha value is -2.04. The lowest BCUT2D eigenvalue weighted by molar-refractivity contribution is -0.385. The van der Waals surface area contributed by atoms with Crippen LogP contribution in [0.3, 0.4) is 0 Å². The van der Waals surface area contributed by atoms with Crippen molar-refractivity contribution < 1.29 is 4.92 Å². The van der Waals surface area contributed by atoms with E-state index in [4.69, 9.17) is 16.9 Å². The van der Waals surface area contributed by atoms with Crippen LogP contribution in [0, 0.1) is 33.3 Å². The molecule has 0 amide bonds. The second-order valence-electron chi connectivity index (χ2n) is 2.84. The minimum absolute atomic E-state index is 0.152. The summed E-state index contributed by atoms with van der Waals surface area (Å²) in [4.78, 5) is 10.2. The predicted octanol–water partition coefficient (Wildman–Crippen LogP) is 2.45. The van der Waals surface area contributed by atoms with Crippen molar-refractivity contribution >= 4 is 17.3 Å². The van der Waals surface area contributed by atoms with Gasteiger partial charge in [-0.3, -0.25) is 10.1 Å². The molecular formula is C11H7ClN2O2. The Morgan fingerprint density at radius 1 is 1.50 bits per heavy atom. The quantitative estimate of drug-likeness (QED) is 0.342. The fourth-order valence-electron chi connectivity index (χ4n) is 1.06. The minimum Gasteiger partial charge on any atom is -0.258 e. The molecule has 1 aromatic carbocycles. The van der Waals surface area contributed by atoms with Crippen LogP contribution in [0.2, 0.25) is 0 Å². The molecule has 0 radical (unpaired) electrons. The maximum absolute atomic E-state index is 10.7. The molecule has 5 heteroatoms. The lowest BCUT2D eigenvalue weighted by atomic mass is 10.1. The molecule has 0 aliphatic rings. The zero-order valence-electron chi connectivity index (χ0n) is 8.24. The van der Waals surface area contributed by atoms with Gasteiger partial charge in [-0.15, -0.1) is 11.6 Å². The Morgan fingerprint density at radius 2 is 2.25 bits per heavy atom. The van der Waals surface area contributed by atoms with E-state index in [2.05, 4.69) is 11.8 Å². The lowest BCUT2D eigenvalue weighted by Gasteiger charge is -1.95. The van der Waals surface area contributed by atoms with Crippen LogP contribution in [-0.2, 0) is 0 Å². The van der Waals surface area contributed by atoms with E-state index in [1.54, 1.807) is 0 Å². The number of nitro benzene ring substituents is 1. The summed E-state index contributed by atoms with van der Waals surface area (Å²) in [6.07, 6.45) is 0.471. The van der Waals surface area contributed by atoms with Crippen molar-refractivity contribution in [1.29, 1.82) is 5.26 Å². The monoisotopic (exact) mass is 234 g/mol. The number of alkyl halides is 1. The highest BCUT2D eigenvalue weighted by Gasteiger charge is 2.12. The average Bonchev–Trinajstić information content (AvgIpc) is 2.29. The van der Waals surface area contributed by atoms with E-state index in [-0.39, 0.29) is 11.3 Å². The number of hydrogen-bond acceptors (Lipinski definition) is 3. The molecule has 0 unspecified atom stereocenters. The third-order valence-electron chi connectivity index (χ3n) is 1.77. The molecule has 0 atom stereocenters. The largest absolute Gasteiger partial charge is 0.286 e. The van der Waals surface area contributed by atoms with Crippen molar-refractivity contribution in [2.45, 2.75) is 6.42 Å². The van der Waals surface area contributed by atoms with Crippen molar-refractivity contribution in [3.05, 3.63) is 39.4 Å². The van der Waals surface area contributed by atoms with E-state index < -0.39 is 4.92 Å². The van der Waals surface area contributed by atoms with Crippen LogP contribution >= 0.6 is 11.6 Å². The van der Waals surface area contributed by atoms with Gasteiger partial charge < -0.3 is 0 Å². The number of nitro groups is 1. The van der Waals surface area contributed by atoms with E-state index in [0.29, 0.717) is 17.9 Å². The molecule has 16 heavy (non-hydrogen) atoms. The lowest BCUT2D eigenvalue weighted by Crippen LogP contribution is -1.93. The van der Waals surface area contributed by atoms with Crippen molar-refractivity contribution in [1.82, 2.24) is 0 Å². The molecule has 80 valence electrons. The Morgan fingerprint density at radius 3 is 2.81 bits per heavy atom. The maximum atomic E-state index is 10.7. The van der Waals surface area contributed by atoms with E-state index in [0.717, 1.165) is 0 Å². The van der Waals surface area contributed by atoms with Crippen LogP contribution in [0.15, 0.2) is 18.2 Å². The summed E-state index contributed by atoms with van der Waals surface area (Å²) in [7, 11) is 0. The summed E-state index contributed by atoms with van der Waals surface area (Å²) in [6, 6.07) is 6.02. The first-order valence-corrected chi connectivity index (χ1v) is 4.96. The van der Waals surface area contributed by atoms with Gasteiger partial charge in [0, 0.05) is 18.4 Å². The molecular weight excluding hydrogens is 228 g/mol. The topological polar surface area (TPSA) is 66.9 Å². The van der Waals surface area contributed by atoms with Gasteiger partial charge in [0.05, 0.1) is 16.6 Å². The van der Waals surface area contributed by atoms with Crippen LogP contribution < -0.4 is 0 Å². The van der Waals surface area contributed by atoms with Crippen molar-refractivity contribution in [2.75, 3.05) is 5.88 Å². The van der Waals surface area contributed by atoms with E-state index >= 15 is 0 Å². The van der Waals surface area contributed by atoms with Crippen molar-refractivity contribution in [3.63, 3.8) is 0 Å². The van der Waals surface area contributed by atoms with Gasteiger partial charge in [-0.25, -0.2) is 0 Å². The third kappa shape index (κ3) is 2.98. The molecule has 1 aromatic rings. The van der Waals surface area contributed by atoms with Crippen LogP contribution in [-0.4, -0.2) is 10.8 Å². The van der Waals surface area contributed by atoms with E-state index in [1.165, 1.54) is 18.2 Å². The standard InChI is InChI=1S/C11H7ClN2O2/c12-6-2-1-3-10-5-4-9(8-13)7-11(10)14(15)16/h4-5,7H,2,6H2. The SMILES string of the molecule is N#Cc1ccc(C#CCCCl)c([N+](=O)[O-])c1. The minimum atomic E-state index is -0.550. The van der Waals surface area contributed by atoms with Crippen LogP contribution in [0.5, 0.6) is 0 Å². The van der Waals surface area contributed by atoms with E-state index in [1.807, 2.05) is 6.07 Å². The first kappa shape index (κ1) is 12.0. The molecule has 0 aliphatic carbocycles. The van der Waals surface area contributed by atoms with Gasteiger partial charge >= 0.3 is 0 Å². The van der Waals surface area contributed by atoms with Gasteiger partial charge in [-0.1, -0.05) is 11.8 Å². The summed E-state index contributed by atoms with van der Waals surface area (Å²) in [5.41, 5.74) is 0.393. The molecule has 0 spiro atoms. The molecule has 1 rings (SSSR count). The number of halogens is 1. The summed E-state index contributed by atoms with van der Waals surface area (Å²) in [5.74, 6) is 5.76. The van der Waals surface area contributed by atoms with Gasteiger partial charge in [-0.2, -0.15) is 5.26 Å². The van der Waals surface area contributed by atoms with Gasteiger partial charge in [-0.05, 0) is 12.1 Å². The summed E-state index contributed by atoms with van der Waals surface area (Å²) >= 11 is 5.44. The highest BCUT2D eigenvalue weighted by atomic mass is 35.5. The zero-order chi connectivity index (χ0) is 12.0. The number of nitriles is 1. The average molecular weight is 235 g/mol. The molecule has 0 aliphatic heterocycles. The highest BCUT2D eigenvalue weighted by Crippen LogP contribution is 2.18. The Bertz CT molecular complexity index is 509. The Balaban J connectivity index is 3.16. The summed E-state index contributed by atoms with van der Waals surface area (Å²) < 4.78 is 0. The predicted molar refractivity (Wildman–Crippen MR) is 60.0 cm³/mol. The van der Waals surface area contributed by atoms with Gasteiger partial charge in [0.15, 0.2) is 0 Å². The fourth-order valence-corrected chi connectivity index (χ4v) is 1.16. The van der Waals surface area contributed by atoms with Crippen LogP contribution in [0.1, 0.15) is 17.5 Å². The smallest absolute Gasteiger partial charge is 0.258 e. The van der Waals surface area contributed by atoms with Gasteiger partial charge in [0.2, 0.25) is 0 Å². The third-order valence-corrected chi connectivity index (χ3v) is 1.96. The number of hydrogen-bond donors (Lipinski definition) is 0. The molecule has 0 saturated carbocycles. The van der Waals surface area contributed by atoms with Crippen LogP contribution in [0.25, 0.3) is 0 Å². The molecule has 0 bridgehead atoms. The second kappa shape index (κ2) is 5.75. The molecule has 0 fully saturated rings. The van der Waals surface area contributed by atoms with Gasteiger partial charge in [0.25, 0.3) is 5.69 Å². The Labute approximate surface area is 97.6 Å². The normalized spacial score (nSPS) is 8.75. The van der Waals surface area contributed by atoms with E-state index in [9.17, 15) is 10.1 Å². The van der Waals surface area contributed by atoms with Crippen molar-refractivity contribution in [2.24, 2.45) is 0 Å². The second-order valence-corrected chi connectivity index (χ2v) is 3.22.